The molecule has 22 heavy (non-hydrogen) atoms. The third-order valence-electron chi connectivity index (χ3n) is 4.22. The Morgan fingerprint density at radius 3 is 2.95 bits per heavy atom. The highest BCUT2D eigenvalue weighted by atomic mass is 32.2. The van der Waals surface area contributed by atoms with Crippen LogP contribution >= 0.6 is 0 Å². The first-order chi connectivity index (χ1) is 10.6. The summed E-state index contributed by atoms with van der Waals surface area (Å²) < 4.78 is 39.9. The molecule has 0 radical (unpaired) electrons. The minimum atomic E-state index is -3.49. The van der Waals surface area contributed by atoms with Crippen LogP contribution in [0.5, 0.6) is 5.75 Å². The normalized spacial score (nSPS) is 23.8. The van der Waals surface area contributed by atoms with Gasteiger partial charge in [0.05, 0.1) is 6.61 Å². The SMILES string of the molecule is COCC1CCCN1S(=O)(=O)N1CCOc2ccccc2C1. The number of nitrogens with zero attached hydrogens (tertiary/aromatic N) is 2. The molecule has 0 bridgehead atoms. The van der Waals surface area contributed by atoms with Gasteiger partial charge in [-0.05, 0) is 18.9 Å². The smallest absolute Gasteiger partial charge is 0.282 e. The number of methoxy groups -OCH3 is 1. The summed E-state index contributed by atoms with van der Waals surface area (Å²) in [5.74, 6) is 0.773. The van der Waals surface area contributed by atoms with Crippen LogP contribution in [-0.4, -0.2) is 56.5 Å². The fourth-order valence-corrected chi connectivity index (χ4v) is 4.93. The number of ether oxygens (including phenoxy) is 2. The van der Waals surface area contributed by atoms with E-state index in [-0.39, 0.29) is 6.04 Å². The van der Waals surface area contributed by atoms with Crippen molar-refractivity contribution in [2.45, 2.75) is 25.4 Å². The zero-order valence-corrected chi connectivity index (χ0v) is 13.6. The van der Waals surface area contributed by atoms with Gasteiger partial charge in [-0.1, -0.05) is 18.2 Å². The van der Waals surface area contributed by atoms with Gasteiger partial charge < -0.3 is 9.47 Å². The number of benzene rings is 1. The van der Waals surface area contributed by atoms with E-state index in [1.807, 2.05) is 24.3 Å². The van der Waals surface area contributed by atoms with Crippen LogP contribution in [0.15, 0.2) is 24.3 Å². The van der Waals surface area contributed by atoms with Gasteiger partial charge in [-0.15, -0.1) is 0 Å². The molecule has 1 saturated heterocycles. The maximum atomic E-state index is 13.0. The summed E-state index contributed by atoms with van der Waals surface area (Å²) in [6.07, 6.45) is 1.74. The lowest BCUT2D eigenvalue weighted by molar-refractivity contribution is 0.145. The molecule has 1 fully saturated rings. The first-order valence-corrected chi connectivity index (χ1v) is 8.99. The van der Waals surface area contributed by atoms with Crippen molar-refractivity contribution in [3.63, 3.8) is 0 Å². The highest BCUT2D eigenvalue weighted by Gasteiger charge is 2.38. The fraction of sp³-hybridized carbons (Fsp3) is 0.600. The molecule has 122 valence electrons. The van der Waals surface area contributed by atoms with E-state index < -0.39 is 10.2 Å². The van der Waals surface area contributed by atoms with Gasteiger partial charge in [-0.25, -0.2) is 0 Å². The van der Waals surface area contributed by atoms with Gasteiger partial charge in [0, 0.05) is 38.3 Å². The quantitative estimate of drug-likeness (QED) is 0.835. The molecular weight excluding hydrogens is 304 g/mol. The van der Waals surface area contributed by atoms with Crippen LogP contribution in [-0.2, 0) is 21.5 Å². The molecule has 0 spiro atoms. The van der Waals surface area contributed by atoms with Crippen LogP contribution in [0.25, 0.3) is 0 Å². The topological polar surface area (TPSA) is 59.1 Å². The molecule has 0 N–H and O–H groups in total. The van der Waals surface area contributed by atoms with Crippen molar-refractivity contribution >= 4 is 10.2 Å². The van der Waals surface area contributed by atoms with Crippen molar-refractivity contribution in [2.24, 2.45) is 0 Å². The molecule has 1 atom stereocenters. The van der Waals surface area contributed by atoms with Crippen LogP contribution in [0.2, 0.25) is 0 Å². The molecule has 0 aliphatic carbocycles. The van der Waals surface area contributed by atoms with E-state index in [4.69, 9.17) is 9.47 Å². The lowest BCUT2D eigenvalue weighted by atomic mass is 10.2. The predicted molar refractivity (Wildman–Crippen MR) is 82.9 cm³/mol. The second kappa shape index (κ2) is 6.54. The maximum Gasteiger partial charge on any atom is 0.282 e. The van der Waals surface area contributed by atoms with Gasteiger partial charge in [-0.2, -0.15) is 17.0 Å². The number of hydrogen-bond donors (Lipinski definition) is 0. The van der Waals surface area contributed by atoms with Gasteiger partial charge >= 0.3 is 0 Å². The summed E-state index contributed by atoms with van der Waals surface area (Å²) >= 11 is 0. The second-order valence-electron chi connectivity index (χ2n) is 5.66. The van der Waals surface area contributed by atoms with E-state index in [9.17, 15) is 8.42 Å². The first-order valence-electron chi connectivity index (χ1n) is 7.59. The highest BCUT2D eigenvalue weighted by molar-refractivity contribution is 7.86. The molecule has 0 amide bonds. The average Bonchev–Trinajstić information content (AvgIpc) is 2.86. The monoisotopic (exact) mass is 326 g/mol. The second-order valence-corrected chi connectivity index (χ2v) is 7.54. The van der Waals surface area contributed by atoms with Gasteiger partial charge in [0.25, 0.3) is 10.2 Å². The summed E-state index contributed by atoms with van der Waals surface area (Å²) in [5.41, 5.74) is 0.908. The summed E-state index contributed by atoms with van der Waals surface area (Å²) in [5, 5.41) is 0. The largest absolute Gasteiger partial charge is 0.492 e. The number of hydrogen-bond acceptors (Lipinski definition) is 4. The van der Waals surface area contributed by atoms with E-state index in [1.54, 1.807) is 11.4 Å². The third kappa shape index (κ3) is 2.99. The Kier molecular flexibility index (Phi) is 4.67. The van der Waals surface area contributed by atoms with E-state index in [0.29, 0.717) is 32.8 Å². The van der Waals surface area contributed by atoms with E-state index in [0.717, 1.165) is 24.2 Å². The number of rotatable bonds is 4. The van der Waals surface area contributed by atoms with E-state index >= 15 is 0 Å². The van der Waals surface area contributed by atoms with Gasteiger partial charge in [0.1, 0.15) is 12.4 Å². The molecule has 6 nitrogen and oxygen atoms in total. The average molecular weight is 326 g/mol. The molecule has 2 aliphatic heterocycles. The van der Waals surface area contributed by atoms with Gasteiger partial charge in [0.2, 0.25) is 0 Å². The Morgan fingerprint density at radius 1 is 1.32 bits per heavy atom. The lowest BCUT2D eigenvalue weighted by Gasteiger charge is -2.29. The predicted octanol–water partition coefficient (Wildman–Crippen LogP) is 1.24. The molecule has 1 aromatic rings. The minimum Gasteiger partial charge on any atom is -0.492 e. The molecule has 1 aromatic carbocycles. The zero-order valence-electron chi connectivity index (χ0n) is 12.8. The Hall–Kier alpha value is -1.15. The van der Waals surface area contributed by atoms with Crippen molar-refractivity contribution in [3.8, 4) is 5.75 Å². The van der Waals surface area contributed by atoms with Crippen LogP contribution in [0.4, 0.5) is 0 Å². The van der Waals surface area contributed by atoms with E-state index in [2.05, 4.69) is 0 Å². The molecule has 0 aromatic heterocycles. The Balaban J connectivity index is 1.83. The molecular formula is C15H22N2O4S. The van der Waals surface area contributed by atoms with Crippen molar-refractivity contribution in [3.05, 3.63) is 29.8 Å². The molecule has 2 aliphatic rings. The van der Waals surface area contributed by atoms with Crippen molar-refractivity contribution < 1.29 is 17.9 Å². The summed E-state index contributed by atoms with van der Waals surface area (Å²) in [4.78, 5) is 0. The molecule has 0 saturated carbocycles. The fourth-order valence-electron chi connectivity index (χ4n) is 3.12. The standard InChI is InChI=1S/C15H22N2O4S/c1-20-12-14-6-4-8-17(14)22(18,19)16-9-10-21-15-7-3-2-5-13(15)11-16/h2-3,5,7,14H,4,6,8-12H2,1H3. The molecule has 3 rings (SSSR count). The van der Waals surface area contributed by atoms with Crippen LogP contribution in [0.1, 0.15) is 18.4 Å². The Bertz CT molecular complexity index is 620. The lowest BCUT2D eigenvalue weighted by Crippen LogP contribution is -2.47. The number of fused-ring (bicyclic) bond motifs is 1. The summed E-state index contributed by atoms with van der Waals surface area (Å²) in [6, 6.07) is 7.55. The third-order valence-corrected chi connectivity index (χ3v) is 6.26. The summed E-state index contributed by atoms with van der Waals surface area (Å²) in [7, 11) is -1.88. The van der Waals surface area contributed by atoms with Crippen molar-refractivity contribution in [2.75, 3.05) is 33.4 Å². The van der Waals surface area contributed by atoms with E-state index in [1.165, 1.54) is 4.31 Å². The van der Waals surface area contributed by atoms with Gasteiger partial charge in [0.15, 0.2) is 0 Å². The summed E-state index contributed by atoms with van der Waals surface area (Å²) in [6.45, 7) is 2.11. The van der Waals surface area contributed by atoms with Crippen LogP contribution < -0.4 is 4.74 Å². The molecule has 1 unspecified atom stereocenters. The van der Waals surface area contributed by atoms with Crippen LogP contribution in [0.3, 0.4) is 0 Å². The highest BCUT2D eigenvalue weighted by Crippen LogP contribution is 2.28. The first kappa shape index (κ1) is 15.7. The van der Waals surface area contributed by atoms with Gasteiger partial charge in [-0.3, -0.25) is 0 Å². The zero-order chi connectivity index (χ0) is 15.6. The molecule has 7 heteroatoms. The number of para-hydroxylation sites is 1. The van der Waals surface area contributed by atoms with Crippen molar-refractivity contribution in [1.29, 1.82) is 0 Å². The molecule has 2 heterocycles. The van der Waals surface area contributed by atoms with Crippen LogP contribution in [0, 0.1) is 0 Å². The maximum absolute atomic E-state index is 13.0. The minimum absolute atomic E-state index is 0.0607. The Morgan fingerprint density at radius 2 is 2.14 bits per heavy atom. The Labute approximate surface area is 131 Å². The van der Waals surface area contributed by atoms with Crippen molar-refractivity contribution in [1.82, 2.24) is 8.61 Å².